The average molecular weight is 416 g/mol. The summed E-state index contributed by atoms with van der Waals surface area (Å²) in [5.41, 5.74) is 1.79. The molecule has 0 aliphatic carbocycles. The highest BCUT2D eigenvalue weighted by Gasteiger charge is 2.09. The van der Waals surface area contributed by atoms with Crippen LogP contribution in [-0.2, 0) is 17.6 Å². The third-order valence-electron chi connectivity index (χ3n) is 4.38. The molecule has 0 fully saturated rings. The molecule has 8 heteroatoms. The van der Waals surface area contributed by atoms with Crippen molar-refractivity contribution >= 4 is 5.91 Å². The normalized spacial score (nSPS) is 10.8. The molecule has 0 bridgehead atoms. The van der Waals surface area contributed by atoms with E-state index in [0.29, 0.717) is 31.0 Å². The topological polar surface area (TPSA) is 73.6 Å². The Morgan fingerprint density at radius 1 is 1.07 bits per heavy atom. The Bertz CT molecular complexity index is 941. The van der Waals surface area contributed by atoms with Gasteiger partial charge in [-0.3, -0.25) is 4.79 Å². The van der Waals surface area contributed by atoms with Crippen LogP contribution in [0.25, 0.3) is 11.3 Å². The van der Waals surface area contributed by atoms with Crippen molar-refractivity contribution in [2.45, 2.75) is 25.9 Å². The van der Waals surface area contributed by atoms with E-state index >= 15 is 0 Å². The maximum absolute atomic E-state index is 12.1. The van der Waals surface area contributed by atoms with Gasteiger partial charge >= 0.3 is 6.61 Å². The first-order chi connectivity index (χ1) is 14.5. The Balaban J connectivity index is 1.40. The fourth-order valence-electron chi connectivity index (χ4n) is 2.81. The van der Waals surface area contributed by atoms with Crippen molar-refractivity contribution < 1.29 is 27.5 Å². The smallest absolute Gasteiger partial charge is 0.387 e. The lowest BCUT2D eigenvalue weighted by Crippen LogP contribution is -2.25. The number of carbonyl (C=O) groups excluding carboxylic acids is 1. The summed E-state index contributed by atoms with van der Waals surface area (Å²) in [5, 5.41) is 2.83. The molecule has 0 atom stereocenters. The van der Waals surface area contributed by atoms with Gasteiger partial charge in [-0.15, -0.1) is 0 Å². The van der Waals surface area contributed by atoms with E-state index in [1.54, 1.807) is 25.4 Å². The van der Waals surface area contributed by atoms with E-state index in [9.17, 15) is 13.6 Å². The van der Waals surface area contributed by atoms with Gasteiger partial charge in [-0.05, 0) is 48.4 Å². The van der Waals surface area contributed by atoms with Gasteiger partial charge in [0.15, 0.2) is 11.7 Å². The second-order valence-corrected chi connectivity index (χ2v) is 6.47. The highest BCUT2D eigenvalue weighted by Crippen LogP contribution is 2.23. The molecule has 3 aromatic rings. The maximum Gasteiger partial charge on any atom is 0.387 e. The van der Waals surface area contributed by atoms with Crippen molar-refractivity contribution in [1.29, 1.82) is 0 Å². The molecule has 1 aromatic heterocycles. The van der Waals surface area contributed by atoms with E-state index in [2.05, 4.69) is 15.0 Å². The minimum absolute atomic E-state index is 0.109. The van der Waals surface area contributed by atoms with Gasteiger partial charge in [0.1, 0.15) is 11.5 Å². The molecule has 0 saturated heterocycles. The summed E-state index contributed by atoms with van der Waals surface area (Å²) in [6.45, 7) is -2.40. The van der Waals surface area contributed by atoms with Crippen LogP contribution in [0.5, 0.6) is 11.5 Å². The summed E-state index contributed by atoms with van der Waals surface area (Å²) in [6.07, 6.45) is 2.86. The molecule has 0 spiro atoms. The van der Waals surface area contributed by atoms with Crippen molar-refractivity contribution in [1.82, 2.24) is 10.3 Å². The molecule has 158 valence electrons. The molecule has 1 amide bonds. The number of aromatic nitrogens is 1. The van der Waals surface area contributed by atoms with Crippen LogP contribution < -0.4 is 14.8 Å². The predicted molar refractivity (Wildman–Crippen MR) is 107 cm³/mol. The Hall–Kier alpha value is -3.42. The fraction of sp³-hybridized carbons (Fsp3) is 0.273. The quantitative estimate of drug-likeness (QED) is 0.535. The van der Waals surface area contributed by atoms with Gasteiger partial charge in [-0.25, -0.2) is 4.98 Å². The molecular formula is C22H22F2N2O4. The largest absolute Gasteiger partial charge is 0.497 e. The van der Waals surface area contributed by atoms with Crippen LogP contribution in [0.15, 0.2) is 59.1 Å². The van der Waals surface area contributed by atoms with Crippen LogP contribution in [0, 0.1) is 0 Å². The predicted octanol–water partition coefficient (Wildman–Crippen LogP) is 4.24. The van der Waals surface area contributed by atoms with E-state index in [0.717, 1.165) is 16.9 Å². The number of hydrogen-bond acceptors (Lipinski definition) is 5. The lowest BCUT2D eigenvalue weighted by molar-refractivity contribution is -0.121. The fourth-order valence-corrected chi connectivity index (χ4v) is 2.81. The lowest BCUT2D eigenvalue weighted by atomic mass is 10.1. The van der Waals surface area contributed by atoms with Crippen molar-refractivity contribution in [2.24, 2.45) is 0 Å². The van der Waals surface area contributed by atoms with Gasteiger partial charge in [-0.2, -0.15) is 8.78 Å². The number of hydrogen-bond donors (Lipinski definition) is 1. The van der Waals surface area contributed by atoms with Gasteiger partial charge in [-0.1, -0.05) is 12.1 Å². The standard InChI is InChI=1S/C22H22F2N2O4/c1-28-17-8-4-16(5-9-17)19-14-26-21(30-19)11-10-20(27)25-13-12-15-2-6-18(7-3-15)29-22(23)24/h2-9,14,22H,10-13H2,1H3,(H,25,27). The van der Waals surface area contributed by atoms with E-state index in [1.807, 2.05) is 24.3 Å². The van der Waals surface area contributed by atoms with Crippen LogP contribution in [0.4, 0.5) is 8.78 Å². The average Bonchev–Trinajstić information content (AvgIpc) is 3.22. The third kappa shape index (κ3) is 6.30. The highest BCUT2D eigenvalue weighted by atomic mass is 19.3. The number of nitrogens with one attached hydrogen (secondary N) is 1. The molecule has 3 rings (SSSR count). The zero-order valence-electron chi connectivity index (χ0n) is 16.4. The molecule has 0 radical (unpaired) electrons. The number of alkyl halides is 2. The number of oxazole rings is 1. The SMILES string of the molecule is COc1ccc(-c2cnc(CCC(=O)NCCc3ccc(OC(F)F)cc3)o2)cc1. The highest BCUT2D eigenvalue weighted by molar-refractivity contribution is 5.76. The minimum atomic E-state index is -2.84. The van der Waals surface area contributed by atoms with Crippen molar-refractivity contribution in [3.63, 3.8) is 0 Å². The van der Waals surface area contributed by atoms with Crippen molar-refractivity contribution in [2.75, 3.05) is 13.7 Å². The monoisotopic (exact) mass is 416 g/mol. The molecule has 6 nitrogen and oxygen atoms in total. The van der Waals surface area contributed by atoms with Gasteiger partial charge in [0, 0.05) is 24.9 Å². The maximum atomic E-state index is 12.1. The van der Waals surface area contributed by atoms with Gasteiger partial charge in [0.25, 0.3) is 0 Å². The molecule has 30 heavy (non-hydrogen) atoms. The Labute approximate surface area is 172 Å². The third-order valence-corrected chi connectivity index (χ3v) is 4.38. The van der Waals surface area contributed by atoms with E-state index < -0.39 is 6.61 Å². The number of carbonyl (C=O) groups is 1. The van der Waals surface area contributed by atoms with Gasteiger partial charge in [0.2, 0.25) is 5.91 Å². The van der Waals surface area contributed by atoms with Crippen LogP contribution in [0.2, 0.25) is 0 Å². The molecule has 0 unspecified atom stereocenters. The van der Waals surface area contributed by atoms with E-state index in [-0.39, 0.29) is 18.1 Å². The first-order valence-corrected chi connectivity index (χ1v) is 9.43. The van der Waals surface area contributed by atoms with Crippen molar-refractivity contribution in [3.8, 4) is 22.8 Å². The lowest BCUT2D eigenvalue weighted by Gasteiger charge is -2.07. The number of rotatable bonds is 10. The summed E-state index contributed by atoms with van der Waals surface area (Å²) >= 11 is 0. The summed E-state index contributed by atoms with van der Waals surface area (Å²) in [5.74, 6) is 1.88. The van der Waals surface area contributed by atoms with Crippen molar-refractivity contribution in [3.05, 3.63) is 66.2 Å². The summed E-state index contributed by atoms with van der Waals surface area (Å²) in [7, 11) is 1.61. The van der Waals surface area contributed by atoms with Crippen LogP contribution >= 0.6 is 0 Å². The van der Waals surface area contributed by atoms with Gasteiger partial charge < -0.3 is 19.2 Å². The van der Waals surface area contributed by atoms with Crippen LogP contribution in [0.1, 0.15) is 17.9 Å². The number of nitrogens with zero attached hydrogens (tertiary/aromatic N) is 1. The Morgan fingerprint density at radius 2 is 1.77 bits per heavy atom. The van der Waals surface area contributed by atoms with Crippen LogP contribution in [-0.4, -0.2) is 31.2 Å². The number of amides is 1. The molecule has 2 aromatic carbocycles. The number of aryl methyl sites for hydroxylation is 1. The summed E-state index contributed by atoms with van der Waals surface area (Å²) in [4.78, 5) is 16.3. The second kappa shape index (κ2) is 10.4. The van der Waals surface area contributed by atoms with E-state index in [1.165, 1.54) is 12.1 Å². The summed E-state index contributed by atoms with van der Waals surface area (Å²) < 4.78 is 39.4. The molecule has 1 N–H and O–H groups in total. The number of methoxy groups -OCH3 is 1. The van der Waals surface area contributed by atoms with Gasteiger partial charge in [0.05, 0.1) is 13.3 Å². The molecular weight excluding hydrogens is 394 g/mol. The zero-order valence-corrected chi connectivity index (χ0v) is 16.4. The second-order valence-electron chi connectivity index (χ2n) is 6.47. The number of halogens is 2. The van der Waals surface area contributed by atoms with Crippen LogP contribution in [0.3, 0.4) is 0 Å². The Kier molecular flexibility index (Phi) is 7.37. The summed E-state index contributed by atoms with van der Waals surface area (Å²) in [6, 6.07) is 13.8. The zero-order chi connectivity index (χ0) is 21.3. The minimum Gasteiger partial charge on any atom is -0.497 e. The number of benzene rings is 2. The molecule has 1 heterocycles. The molecule has 0 aliphatic heterocycles. The first-order valence-electron chi connectivity index (χ1n) is 9.43. The Morgan fingerprint density at radius 3 is 2.43 bits per heavy atom. The first kappa shape index (κ1) is 21.3. The number of ether oxygens (including phenoxy) is 2. The molecule has 0 aliphatic rings. The van der Waals surface area contributed by atoms with E-state index in [4.69, 9.17) is 9.15 Å². The molecule has 0 saturated carbocycles.